The normalized spacial score (nSPS) is 15.1. The molecular formula is C17H22Cl2FN3OS. The molecule has 138 valence electrons. The molecule has 1 heterocycles. The number of nitrogens with zero attached hydrogens (tertiary/aromatic N) is 1. The predicted molar refractivity (Wildman–Crippen MR) is 104 cm³/mol. The van der Waals surface area contributed by atoms with Crippen LogP contribution in [0, 0.1) is 5.82 Å². The highest BCUT2D eigenvalue weighted by Gasteiger charge is 2.34. The average molecular weight is 406 g/mol. The highest BCUT2D eigenvalue weighted by Crippen LogP contribution is 2.29. The second kappa shape index (κ2) is 9.48. The lowest BCUT2D eigenvalue weighted by atomic mass is 9.98. The van der Waals surface area contributed by atoms with Gasteiger partial charge in [0.05, 0.1) is 10.5 Å². The Kier molecular flexibility index (Phi) is 8.28. The van der Waals surface area contributed by atoms with Gasteiger partial charge in [-0.1, -0.05) is 31.0 Å². The van der Waals surface area contributed by atoms with Crippen LogP contribution in [0.1, 0.15) is 46.7 Å². The molecule has 1 saturated carbocycles. The summed E-state index contributed by atoms with van der Waals surface area (Å²) in [5.41, 5.74) is 6.54. The molecule has 4 nitrogen and oxygen atoms in total. The van der Waals surface area contributed by atoms with E-state index in [1.165, 1.54) is 17.4 Å². The number of carbonyl (C=O) groups excluding carboxylic acids is 1. The summed E-state index contributed by atoms with van der Waals surface area (Å²) in [5.74, 6) is -0.435. The van der Waals surface area contributed by atoms with Crippen molar-refractivity contribution >= 4 is 42.1 Å². The van der Waals surface area contributed by atoms with Gasteiger partial charge >= 0.3 is 0 Å². The minimum Gasteiger partial charge on any atom is -0.344 e. The molecule has 1 aromatic carbocycles. The second-order valence-corrected chi connectivity index (χ2v) is 6.98. The van der Waals surface area contributed by atoms with E-state index in [4.69, 9.17) is 5.73 Å². The number of aromatic nitrogens is 1. The number of nitrogens with two attached hydrogens (primary N) is 1. The summed E-state index contributed by atoms with van der Waals surface area (Å²) in [4.78, 5) is 16.8. The average Bonchev–Trinajstić information content (AvgIpc) is 3.20. The molecule has 3 N–H and O–H groups in total. The summed E-state index contributed by atoms with van der Waals surface area (Å²) in [7, 11) is 0. The van der Waals surface area contributed by atoms with Gasteiger partial charge in [-0.15, -0.1) is 36.2 Å². The highest BCUT2D eigenvalue weighted by molar-refractivity contribution is 7.09. The Morgan fingerprint density at radius 2 is 1.96 bits per heavy atom. The molecule has 0 saturated heterocycles. The lowest BCUT2D eigenvalue weighted by molar-refractivity contribution is 0.0898. The van der Waals surface area contributed by atoms with Crippen molar-refractivity contribution in [3.63, 3.8) is 0 Å². The maximum atomic E-state index is 13.7. The number of halogens is 3. The zero-order valence-corrected chi connectivity index (χ0v) is 16.1. The number of hydrogen-bond donors (Lipinski definition) is 2. The molecule has 0 aliphatic heterocycles. The van der Waals surface area contributed by atoms with E-state index in [0.717, 1.165) is 30.7 Å². The van der Waals surface area contributed by atoms with Gasteiger partial charge in [0.15, 0.2) is 0 Å². The molecule has 8 heteroatoms. The van der Waals surface area contributed by atoms with Crippen LogP contribution >= 0.6 is 36.2 Å². The summed E-state index contributed by atoms with van der Waals surface area (Å²) in [6.07, 6.45) is 4.41. The van der Waals surface area contributed by atoms with Crippen LogP contribution in [0.15, 0.2) is 29.6 Å². The van der Waals surface area contributed by atoms with E-state index in [2.05, 4.69) is 10.3 Å². The van der Waals surface area contributed by atoms with Gasteiger partial charge in [0.1, 0.15) is 11.5 Å². The summed E-state index contributed by atoms with van der Waals surface area (Å²) in [6, 6.07) is 6.62. The van der Waals surface area contributed by atoms with Crippen molar-refractivity contribution in [1.29, 1.82) is 0 Å². The first-order valence-corrected chi connectivity index (χ1v) is 8.70. The van der Waals surface area contributed by atoms with Gasteiger partial charge < -0.3 is 11.1 Å². The number of carbonyl (C=O) groups is 1. The third kappa shape index (κ3) is 5.14. The summed E-state index contributed by atoms with van der Waals surface area (Å²) < 4.78 is 13.7. The third-order valence-electron chi connectivity index (χ3n) is 4.41. The highest BCUT2D eigenvalue weighted by atomic mass is 35.5. The number of hydrogen-bond acceptors (Lipinski definition) is 4. The molecule has 3 rings (SSSR count). The van der Waals surface area contributed by atoms with Crippen LogP contribution in [0.3, 0.4) is 0 Å². The Bertz CT molecular complexity index is 705. The Morgan fingerprint density at radius 1 is 1.28 bits per heavy atom. The Hall–Kier alpha value is -1.21. The summed E-state index contributed by atoms with van der Waals surface area (Å²) in [6.45, 7) is 0.449. The van der Waals surface area contributed by atoms with Crippen LogP contribution < -0.4 is 11.1 Å². The molecule has 2 aromatic rings. The quantitative estimate of drug-likeness (QED) is 0.796. The SMILES string of the molecule is Cl.Cl.NCC1(NC(=O)c2csc(Cc3ccccc3F)n2)CCCC1. The van der Waals surface area contributed by atoms with E-state index in [0.29, 0.717) is 24.2 Å². The molecule has 1 aliphatic rings. The van der Waals surface area contributed by atoms with E-state index in [-0.39, 0.29) is 42.1 Å². The van der Waals surface area contributed by atoms with Crippen molar-refractivity contribution < 1.29 is 9.18 Å². The smallest absolute Gasteiger partial charge is 0.271 e. The fraction of sp³-hybridized carbons (Fsp3) is 0.412. The molecule has 0 atom stereocenters. The Morgan fingerprint density at radius 3 is 2.60 bits per heavy atom. The van der Waals surface area contributed by atoms with Crippen LogP contribution in [0.2, 0.25) is 0 Å². The molecule has 1 amide bonds. The predicted octanol–water partition coefficient (Wildman–Crippen LogP) is 3.72. The van der Waals surface area contributed by atoms with Crippen LogP contribution in [0.5, 0.6) is 0 Å². The van der Waals surface area contributed by atoms with Crippen molar-refractivity contribution in [2.24, 2.45) is 5.73 Å². The van der Waals surface area contributed by atoms with Crippen LogP contribution in [0.25, 0.3) is 0 Å². The van der Waals surface area contributed by atoms with Gasteiger partial charge in [0, 0.05) is 18.3 Å². The maximum absolute atomic E-state index is 13.7. The zero-order valence-electron chi connectivity index (χ0n) is 13.7. The van der Waals surface area contributed by atoms with Crippen molar-refractivity contribution in [1.82, 2.24) is 10.3 Å². The van der Waals surface area contributed by atoms with Crippen molar-refractivity contribution in [2.45, 2.75) is 37.6 Å². The topological polar surface area (TPSA) is 68.0 Å². The van der Waals surface area contributed by atoms with Gasteiger partial charge in [0.2, 0.25) is 0 Å². The van der Waals surface area contributed by atoms with Crippen LogP contribution in [-0.2, 0) is 6.42 Å². The molecule has 0 spiro atoms. The summed E-state index contributed by atoms with van der Waals surface area (Å²) in [5, 5.41) is 5.51. The molecule has 0 radical (unpaired) electrons. The fourth-order valence-electron chi connectivity index (χ4n) is 3.04. The van der Waals surface area contributed by atoms with Crippen molar-refractivity contribution in [3.05, 3.63) is 51.7 Å². The first-order valence-electron chi connectivity index (χ1n) is 7.82. The first-order chi connectivity index (χ1) is 11.1. The van der Waals surface area contributed by atoms with Gasteiger partial charge in [-0.2, -0.15) is 0 Å². The van der Waals surface area contributed by atoms with E-state index in [1.807, 2.05) is 0 Å². The number of rotatable bonds is 5. The molecule has 0 bridgehead atoms. The van der Waals surface area contributed by atoms with E-state index in [1.54, 1.807) is 23.6 Å². The molecular weight excluding hydrogens is 384 g/mol. The van der Waals surface area contributed by atoms with Gasteiger partial charge in [-0.25, -0.2) is 9.37 Å². The second-order valence-electron chi connectivity index (χ2n) is 6.04. The lowest BCUT2D eigenvalue weighted by Crippen LogP contribution is -2.51. The number of amides is 1. The monoisotopic (exact) mass is 405 g/mol. The summed E-state index contributed by atoms with van der Waals surface area (Å²) >= 11 is 1.38. The van der Waals surface area contributed by atoms with Crippen LogP contribution in [-0.4, -0.2) is 23.0 Å². The molecule has 1 aromatic heterocycles. The maximum Gasteiger partial charge on any atom is 0.271 e. The van der Waals surface area contributed by atoms with E-state index < -0.39 is 0 Å². The minimum atomic E-state index is -0.285. The number of nitrogens with one attached hydrogen (secondary N) is 1. The van der Waals surface area contributed by atoms with Crippen molar-refractivity contribution in [3.8, 4) is 0 Å². The van der Waals surface area contributed by atoms with Gasteiger partial charge in [-0.05, 0) is 24.5 Å². The lowest BCUT2D eigenvalue weighted by Gasteiger charge is -2.28. The standard InChI is InChI=1S/C17H20FN3OS.2ClH/c18-13-6-2-1-5-12(13)9-15-20-14(10-23-15)16(22)21-17(11-19)7-3-4-8-17;;/h1-2,5-6,10H,3-4,7-9,11,19H2,(H,21,22);2*1H. The third-order valence-corrected chi connectivity index (χ3v) is 5.26. The molecule has 0 unspecified atom stereocenters. The van der Waals surface area contributed by atoms with Crippen LogP contribution in [0.4, 0.5) is 4.39 Å². The van der Waals surface area contributed by atoms with Crippen molar-refractivity contribution in [2.75, 3.05) is 6.54 Å². The number of benzene rings is 1. The Balaban J connectivity index is 0.00000156. The molecule has 1 fully saturated rings. The minimum absolute atomic E-state index is 0. The van der Waals surface area contributed by atoms with Gasteiger partial charge in [-0.3, -0.25) is 4.79 Å². The Labute approximate surface area is 163 Å². The largest absolute Gasteiger partial charge is 0.344 e. The molecule has 1 aliphatic carbocycles. The molecule has 25 heavy (non-hydrogen) atoms. The van der Waals surface area contributed by atoms with Gasteiger partial charge in [0.25, 0.3) is 5.91 Å². The van der Waals surface area contributed by atoms with E-state index in [9.17, 15) is 9.18 Å². The number of thiazole rings is 1. The fourth-order valence-corrected chi connectivity index (χ4v) is 3.84. The first kappa shape index (κ1) is 21.8. The van der Waals surface area contributed by atoms with E-state index >= 15 is 0 Å². The zero-order chi connectivity index (χ0) is 16.3.